The van der Waals surface area contributed by atoms with Crippen molar-refractivity contribution in [3.8, 4) is 0 Å². The van der Waals surface area contributed by atoms with Crippen LogP contribution in [0.15, 0.2) is 83.3 Å². The largest absolute Gasteiger partial charge is 0.354 e. The fourth-order valence-corrected chi connectivity index (χ4v) is 10.2. The van der Waals surface area contributed by atoms with Crippen molar-refractivity contribution >= 4 is 43.5 Å². The lowest BCUT2D eigenvalue weighted by Crippen LogP contribution is -2.53. The summed E-state index contributed by atoms with van der Waals surface area (Å²) >= 11 is 3.53. The number of hydrogen-bond donors (Lipinski definition) is 1. The highest BCUT2D eigenvalue weighted by Crippen LogP contribution is 2.60. The third-order valence-electron chi connectivity index (χ3n) is 10.8. The zero-order chi connectivity index (χ0) is 33.9. The van der Waals surface area contributed by atoms with Crippen LogP contribution in [0.3, 0.4) is 0 Å². The van der Waals surface area contributed by atoms with Crippen LogP contribution in [-0.2, 0) is 38.0 Å². The molecular formula is C39H48BrN3O4S. The van der Waals surface area contributed by atoms with E-state index in [0.29, 0.717) is 18.7 Å². The van der Waals surface area contributed by atoms with Crippen molar-refractivity contribution in [2.75, 3.05) is 23.7 Å². The van der Waals surface area contributed by atoms with E-state index in [-0.39, 0.29) is 17.9 Å². The highest BCUT2D eigenvalue weighted by atomic mass is 79.9. The van der Waals surface area contributed by atoms with Gasteiger partial charge in [0.15, 0.2) is 0 Å². The van der Waals surface area contributed by atoms with E-state index in [1.165, 1.54) is 48.4 Å². The number of sulfonamides is 1. The second-order valence-corrected chi connectivity index (χ2v) is 17.3. The monoisotopic (exact) mass is 733 g/mol. The van der Waals surface area contributed by atoms with Gasteiger partial charge in [0.25, 0.3) is 0 Å². The molecule has 0 spiro atoms. The van der Waals surface area contributed by atoms with Crippen LogP contribution in [0.25, 0.3) is 0 Å². The van der Waals surface area contributed by atoms with Gasteiger partial charge in [0.1, 0.15) is 12.6 Å². The molecule has 3 aromatic rings. The number of nitrogens with zero attached hydrogens (tertiary/aromatic N) is 2. The fourth-order valence-electron chi connectivity index (χ4n) is 8.95. The summed E-state index contributed by atoms with van der Waals surface area (Å²) in [5.41, 5.74) is 3.71. The van der Waals surface area contributed by atoms with Crippen LogP contribution in [0.1, 0.15) is 75.0 Å². The SMILES string of the molecule is CCCCNC(=O)C(Cc1ccccc1)N(Cc1cccc(Br)c1)C(=O)CN(c1ccc(C23CC4CC(CC(C4)C2)C3)cc1)S(C)(=O)=O. The van der Waals surface area contributed by atoms with Crippen molar-refractivity contribution in [3.05, 3.63) is 100 Å². The van der Waals surface area contributed by atoms with Gasteiger partial charge in [0, 0.05) is 24.0 Å². The Hall–Kier alpha value is -3.17. The molecule has 0 saturated heterocycles. The summed E-state index contributed by atoms with van der Waals surface area (Å²) in [6.07, 6.45) is 10.9. The number of rotatable bonds is 14. The molecule has 4 aliphatic carbocycles. The van der Waals surface area contributed by atoms with Gasteiger partial charge >= 0.3 is 0 Å². The third kappa shape index (κ3) is 7.99. The lowest BCUT2D eigenvalue weighted by Gasteiger charge is -2.57. The third-order valence-corrected chi connectivity index (χ3v) is 12.5. The number of unbranched alkanes of at least 4 members (excludes halogenated alkanes) is 1. The van der Waals surface area contributed by atoms with Crippen LogP contribution in [0.2, 0.25) is 0 Å². The van der Waals surface area contributed by atoms with E-state index in [2.05, 4.69) is 40.3 Å². The van der Waals surface area contributed by atoms with Crippen molar-refractivity contribution in [2.24, 2.45) is 17.8 Å². The predicted octanol–water partition coefficient (Wildman–Crippen LogP) is 7.24. The highest BCUT2D eigenvalue weighted by molar-refractivity contribution is 9.10. The van der Waals surface area contributed by atoms with E-state index in [1.807, 2.05) is 66.7 Å². The normalized spacial score (nSPS) is 23.4. The number of amides is 2. The van der Waals surface area contributed by atoms with Gasteiger partial charge in [0.2, 0.25) is 21.8 Å². The zero-order valence-electron chi connectivity index (χ0n) is 28.1. The van der Waals surface area contributed by atoms with E-state index in [4.69, 9.17) is 0 Å². The van der Waals surface area contributed by atoms with Crippen LogP contribution in [0, 0.1) is 17.8 Å². The van der Waals surface area contributed by atoms with Crippen LogP contribution >= 0.6 is 15.9 Å². The van der Waals surface area contributed by atoms with Gasteiger partial charge in [-0.15, -0.1) is 0 Å². The summed E-state index contributed by atoms with van der Waals surface area (Å²) in [6.45, 7) is 2.31. The van der Waals surface area contributed by atoms with E-state index < -0.39 is 28.5 Å². The molecule has 1 atom stereocenters. The molecule has 256 valence electrons. The van der Waals surface area contributed by atoms with E-state index in [9.17, 15) is 18.0 Å². The second-order valence-electron chi connectivity index (χ2n) is 14.5. The Balaban J connectivity index is 1.30. The average molecular weight is 735 g/mol. The molecule has 48 heavy (non-hydrogen) atoms. The van der Waals surface area contributed by atoms with E-state index >= 15 is 0 Å². The smallest absolute Gasteiger partial charge is 0.244 e. The molecule has 0 heterocycles. The van der Waals surface area contributed by atoms with Crippen LogP contribution in [0.5, 0.6) is 0 Å². The molecular weight excluding hydrogens is 686 g/mol. The molecule has 7 rings (SSSR count). The minimum atomic E-state index is -3.83. The van der Waals surface area contributed by atoms with Gasteiger partial charge in [-0.2, -0.15) is 0 Å². The number of nitrogens with one attached hydrogen (secondary N) is 1. The predicted molar refractivity (Wildman–Crippen MR) is 195 cm³/mol. The molecule has 3 aromatic carbocycles. The van der Waals surface area contributed by atoms with Crippen LogP contribution in [0.4, 0.5) is 5.69 Å². The maximum atomic E-state index is 14.5. The Kier molecular flexibility index (Phi) is 10.7. The number of benzene rings is 3. The minimum Gasteiger partial charge on any atom is -0.354 e. The van der Waals surface area contributed by atoms with Gasteiger partial charge < -0.3 is 10.2 Å². The first-order valence-electron chi connectivity index (χ1n) is 17.5. The molecule has 4 saturated carbocycles. The van der Waals surface area contributed by atoms with Crippen molar-refractivity contribution in [1.82, 2.24) is 10.2 Å². The van der Waals surface area contributed by atoms with Crippen molar-refractivity contribution in [2.45, 2.75) is 82.7 Å². The first-order chi connectivity index (χ1) is 23.0. The Morgan fingerprint density at radius 2 is 1.52 bits per heavy atom. The first-order valence-corrected chi connectivity index (χ1v) is 20.1. The summed E-state index contributed by atoms with van der Waals surface area (Å²) in [5.74, 6) is 1.74. The summed E-state index contributed by atoms with van der Waals surface area (Å²) in [7, 11) is -3.83. The average Bonchev–Trinajstić information content (AvgIpc) is 3.04. The van der Waals surface area contributed by atoms with Gasteiger partial charge in [-0.25, -0.2) is 8.42 Å². The first kappa shape index (κ1) is 34.7. The van der Waals surface area contributed by atoms with Crippen molar-refractivity contribution < 1.29 is 18.0 Å². The Labute approximate surface area is 294 Å². The molecule has 0 aromatic heterocycles. The van der Waals surface area contributed by atoms with E-state index in [1.54, 1.807) is 4.90 Å². The minimum absolute atomic E-state index is 0.152. The molecule has 4 aliphatic rings. The van der Waals surface area contributed by atoms with Gasteiger partial charge in [0.05, 0.1) is 11.9 Å². The maximum Gasteiger partial charge on any atom is 0.244 e. The highest BCUT2D eigenvalue weighted by Gasteiger charge is 2.51. The van der Waals surface area contributed by atoms with Crippen molar-refractivity contribution in [3.63, 3.8) is 0 Å². The van der Waals surface area contributed by atoms with Gasteiger partial charge in [-0.3, -0.25) is 13.9 Å². The summed E-state index contributed by atoms with van der Waals surface area (Å²) in [5, 5.41) is 3.04. The molecule has 1 N–H and O–H groups in total. The van der Waals surface area contributed by atoms with Gasteiger partial charge in [-0.1, -0.05) is 83.9 Å². The quantitative estimate of drug-likeness (QED) is 0.177. The lowest BCUT2D eigenvalue weighted by atomic mass is 9.48. The molecule has 9 heteroatoms. The standard InChI is InChI=1S/C39H48BrN3O4S/c1-3-4-17-41-38(45)36(22-28-9-6-5-7-10-28)42(26-29-11-8-12-34(40)21-29)37(44)27-43(48(2,46)47)35-15-13-33(14-16-35)39-23-30-18-31(24-39)20-32(19-30)25-39/h5-16,21,30-32,36H,3-4,17-20,22-27H2,1-2H3,(H,41,45). The summed E-state index contributed by atoms with van der Waals surface area (Å²) < 4.78 is 28.7. The summed E-state index contributed by atoms with van der Waals surface area (Å²) in [4.78, 5) is 29.8. The number of carbonyl (C=O) groups excluding carboxylic acids is 2. The van der Waals surface area contributed by atoms with Crippen LogP contribution in [-0.4, -0.2) is 50.5 Å². The molecule has 4 fully saturated rings. The second kappa shape index (κ2) is 14.8. The number of anilines is 1. The number of hydrogen-bond acceptors (Lipinski definition) is 4. The van der Waals surface area contributed by atoms with Gasteiger partial charge in [-0.05, 0) is 109 Å². The molecule has 2 amide bonds. The lowest BCUT2D eigenvalue weighted by molar-refractivity contribution is -0.140. The summed E-state index contributed by atoms with van der Waals surface area (Å²) in [6, 6.07) is 24.4. The fraction of sp³-hybridized carbons (Fsp3) is 0.487. The topological polar surface area (TPSA) is 86.8 Å². The van der Waals surface area contributed by atoms with Crippen LogP contribution < -0.4 is 9.62 Å². The molecule has 0 aliphatic heterocycles. The molecule has 4 bridgehead atoms. The Bertz CT molecular complexity index is 1660. The molecule has 7 nitrogen and oxygen atoms in total. The maximum absolute atomic E-state index is 14.5. The molecule has 0 radical (unpaired) electrons. The van der Waals surface area contributed by atoms with E-state index in [0.717, 1.165) is 52.5 Å². The number of halogens is 1. The zero-order valence-corrected chi connectivity index (χ0v) is 30.5. The Morgan fingerprint density at radius 1 is 0.896 bits per heavy atom. The Morgan fingerprint density at radius 3 is 2.10 bits per heavy atom. The molecule has 1 unspecified atom stereocenters. The number of carbonyl (C=O) groups is 2. The van der Waals surface area contributed by atoms with Crippen molar-refractivity contribution in [1.29, 1.82) is 0 Å².